The molecule has 3 N–H and O–H groups in total. The Morgan fingerprint density at radius 1 is 0.970 bits per heavy atom. The molecule has 166 valence electrons. The number of fused-ring (bicyclic) bond motifs is 1. The van der Waals surface area contributed by atoms with E-state index in [1.165, 1.54) is 12.3 Å². The van der Waals surface area contributed by atoms with Gasteiger partial charge in [-0.1, -0.05) is 54.6 Å². The van der Waals surface area contributed by atoms with Gasteiger partial charge in [0.2, 0.25) is 0 Å². The molecule has 0 fully saturated rings. The van der Waals surface area contributed by atoms with E-state index in [-0.39, 0.29) is 28.4 Å². The molecule has 2 unspecified atom stereocenters. The fraction of sp³-hybridized carbons (Fsp3) is 0.0833. The molecular weight excluding hydrogens is 461 g/mol. The lowest BCUT2D eigenvalue weighted by molar-refractivity contribution is 0.386. The number of pyridine rings is 1. The van der Waals surface area contributed by atoms with Gasteiger partial charge in [-0.15, -0.1) is 11.6 Å². The molecule has 2 atom stereocenters. The Labute approximate surface area is 194 Å². The number of aromatic nitrogens is 3. The summed E-state index contributed by atoms with van der Waals surface area (Å²) in [5.74, 6) is 0.0946. The van der Waals surface area contributed by atoms with Crippen LogP contribution in [0, 0.1) is 0 Å². The summed E-state index contributed by atoms with van der Waals surface area (Å²) in [4.78, 5) is 30.0. The van der Waals surface area contributed by atoms with E-state index < -0.39 is 7.60 Å². The number of nitrogens with zero attached hydrogens (tertiary/aromatic N) is 2. The van der Waals surface area contributed by atoms with Crippen molar-refractivity contribution in [2.75, 3.05) is 0 Å². The first-order chi connectivity index (χ1) is 15.9. The highest BCUT2D eigenvalue weighted by Gasteiger charge is 2.22. The molecule has 2 heterocycles. The van der Waals surface area contributed by atoms with Crippen LogP contribution in [0.25, 0.3) is 23.3 Å². The van der Waals surface area contributed by atoms with Gasteiger partial charge in [-0.25, -0.2) is 0 Å². The highest BCUT2D eigenvalue weighted by atomic mass is 35.5. The molecule has 33 heavy (non-hydrogen) atoms. The summed E-state index contributed by atoms with van der Waals surface area (Å²) in [5.41, 5.74) is 3.35. The number of hydrogen-bond donors (Lipinski definition) is 3. The zero-order valence-corrected chi connectivity index (χ0v) is 18.8. The zero-order valence-electron chi connectivity index (χ0n) is 17.2. The summed E-state index contributed by atoms with van der Waals surface area (Å²) >= 11 is 6.67. The Morgan fingerprint density at radius 2 is 1.70 bits per heavy atom. The number of hydrogen-bond acceptors (Lipinski definition) is 4. The third-order valence-electron chi connectivity index (χ3n) is 5.40. The summed E-state index contributed by atoms with van der Waals surface area (Å²) in [6.07, 6.45) is 6.33. The van der Waals surface area contributed by atoms with Gasteiger partial charge in [-0.2, -0.15) is 4.98 Å². The van der Waals surface area contributed by atoms with Crippen molar-refractivity contribution in [3.63, 3.8) is 0 Å². The summed E-state index contributed by atoms with van der Waals surface area (Å²) in [7, 11) is -4.43. The van der Waals surface area contributed by atoms with Crippen molar-refractivity contribution in [1.82, 2.24) is 15.0 Å². The van der Waals surface area contributed by atoms with E-state index in [9.17, 15) is 14.4 Å². The van der Waals surface area contributed by atoms with Crippen LogP contribution < -0.4 is 20.7 Å². The van der Waals surface area contributed by atoms with E-state index in [1.54, 1.807) is 0 Å². The van der Waals surface area contributed by atoms with Crippen molar-refractivity contribution >= 4 is 36.7 Å². The van der Waals surface area contributed by atoms with Gasteiger partial charge < -0.3 is 19.5 Å². The van der Waals surface area contributed by atoms with Crippen LogP contribution in [0.2, 0.25) is 0 Å². The molecule has 0 radical (unpaired) electrons. The van der Waals surface area contributed by atoms with Crippen LogP contribution in [0.4, 0.5) is 0 Å². The number of alkyl halides is 1. The van der Waals surface area contributed by atoms with Gasteiger partial charge in [0.05, 0.1) is 27.6 Å². The molecule has 0 bridgehead atoms. The molecule has 0 aliphatic heterocycles. The van der Waals surface area contributed by atoms with E-state index in [0.717, 1.165) is 28.2 Å². The molecular formula is C24H19ClN3O4P. The molecule has 7 nitrogen and oxygen atoms in total. The Kier molecular flexibility index (Phi) is 5.64. The molecule has 0 spiro atoms. The van der Waals surface area contributed by atoms with Crippen molar-refractivity contribution in [2.24, 2.45) is 0 Å². The molecule has 1 aliphatic carbocycles. The number of benzene rings is 2. The molecule has 2 aromatic heterocycles. The molecule has 5 rings (SSSR count). The van der Waals surface area contributed by atoms with Crippen molar-refractivity contribution < 1.29 is 19.1 Å². The van der Waals surface area contributed by atoms with Crippen LogP contribution in [0.3, 0.4) is 0 Å². The first-order valence-corrected chi connectivity index (χ1v) is 12.2. The quantitative estimate of drug-likeness (QED) is 0.300. The van der Waals surface area contributed by atoms with E-state index in [1.807, 2.05) is 30.4 Å². The van der Waals surface area contributed by atoms with Crippen molar-refractivity contribution in [1.29, 1.82) is 0 Å². The second kappa shape index (κ2) is 8.61. The lowest BCUT2D eigenvalue weighted by Crippen LogP contribution is -2.32. The summed E-state index contributed by atoms with van der Waals surface area (Å²) in [5, 5.41) is 0.904. The van der Waals surface area contributed by atoms with Crippen molar-refractivity contribution in [3.8, 4) is 22.9 Å². The van der Waals surface area contributed by atoms with Gasteiger partial charge in [0.1, 0.15) is 5.75 Å². The zero-order chi connectivity index (χ0) is 23.0. The second-order valence-electron chi connectivity index (χ2n) is 7.66. The molecule has 4 aromatic rings. The maximum atomic E-state index is 11.5. The van der Waals surface area contributed by atoms with Crippen LogP contribution in [-0.2, 0) is 4.57 Å². The largest absolute Gasteiger partial charge is 0.424 e. The predicted octanol–water partition coefficient (Wildman–Crippen LogP) is 3.03. The SMILES string of the molecule is O=P(O)(O)c1cncc(Oc2nc3c([nH]2)=CC(Cl)C(c2ccc(-c4ccccc4)cc2)C=3)c1. The van der Waals surface area contributed by atoms with Crippen LogP contribution in [0.5, 0.6) is 11.8 Å². The van der Waals surface area contributed by atoms with Crippen molar-refractivity contribution in [3.05, 3.63) is 89.3 Å². The molecule has 2 aromatic carbocycles. The van der Waals surface area contributed by atoms with Crippen LogP contribution in [-0.4, -0.2) is 30.1 Å². The summed E-state index contributed by atoms with van der Waals surface area (Å²) < 4.78 is 17.1. The van der Waals surface area contributed by atoms with E-state index in [4.69, 9.17) is 16.3 Å². The lowest BCUT2D eigenvalue weighted by atomic mass is 9.91. The number of aromatic amines is 1. The third-order valence-corrected chi connectivity index (χ3v) is 6.71. The Bertz CT molecular complexity index is 1470. The third kappa shape index (κ3) is 4.63. The van der Waals surface area contributed by atoms with E-state index >= 15 is 0 Å². The van der Waals surface area contributed by atoms with Gasteiger partial charge in [-0.05, 0) is 34.9 Å². The highest BCUT2D eigenvalue weighted by molar-refractivity contribution is 7.60. The normalized spacial score (nSPS) is 17.5. The van der Waals surface area contributed by atoms with Gasteiger partial charge >= 0.3 is 7.60 Å². The maximum Gasteiger partial charge on any atom is 0.357 e. The minimum atomic E-state index is -4.43. The number of imidazole rings is 1. The van der Waals surface area contributed by atoms with Gasteiger partial charge in [-0.3, -0.25) is 9.55 Å². The first kappa shape index (κ1) is 21.6. The average molecular weight is 480 g/mol. The Hall–Kier alpha value is -3.22. The number of H-pyrrole nitrogens is 1. The van der Waals surface area contributed by atoms with E-state index in [2.05, 4.69) is 51.4 Å². The smallest absolute Gasteiger partial charge is 0.357 e. The molecule has 9 heteroatoms. The minimum absolute atomic E-state index is 0.0696. The monoisotopic (exact) mass is 479 g/mol. The molecule has 0 saturated heterocycles. The van der Waals surface area contributed by atoms with E-state index in [0.29, 0.717) is 5.35 Å². The maximum absolute atomic E-state index is 11.5. The molecule has 1 aliphatic rings. The first-order valence-electron chi connectivity index (χ1n) is 10.1. The molecule has 0 amide bonds. The highest BCUT2D eigenvalue weighted by Crippen LogP contribution is 2.34. The fourth-order valence-electron chi connectivity index (χ4n) is 3.75. The van der Waals surface area contributed by atoms with Crippen molar-refractivity contribution in [2.45, 2.75) is 11.3 Å². The second-order valence-corrected chi connectivity index (χ2v) is 9.77. The number of halogens is 1. The number of ether oxygens (including phenoxy) is 1. The summed E-state index contributed by atoms with van der Waals surface area (Å²) in [6, 6.07) is 19.9. The number of rotatable bonds is 5. The predicted molar refractivity (Wildman–Crippen MR) is 127 cm³/mol. The van der Waals surface area contributed by atoms with Crippen LogP contribution in [0.1, 0.15) is 11.5 Å². The number of nitrogens with one attached hydrogen (secondary N) is 1. The standard InChI is InChI=1S/C24H19ClN3O4P/c25-21-12-23-22(27-24(28-23)32-18-10-19(14-26-13-18)33(29,30)31)11-20(21)17-8-6-16(7-9-17)15-4-2-1-3-5-15/h1-14,20-21H,(H,27,28)(H2,29,30,31). The average Bonchev–Trinajstić information content (AvgIpc) is 3.20. The topological polar surface area (TPSA) is 108 Å². The Morgan fingerprint density at radius 3 is 2.42 bits per heavy atom. The summed E-state index contributed by atoms with van der Waals surface area (Å²) in [6.45, 7) is 0. The molecule has 0 saturated carbocycles. The minimum Gasteiger partial charge on any atom is -0.424 e. The van der Waals surface area contributed by atoms with Crippen LogP contribution in [0.15, 0.2) is 73.1 Å². The Balaban J connectivity index is 1.41. The van der Waals surface area contributed by atoms with Gasteiger partial charge in [0.15, 0.2) is 0 Å². The van der Waals surface area contributed by atoms with Crippen LogP contribution >= 0.6 is 19.2 Å². The van der Waals surface area contributed by atoms with Gasteiger partial charge in [0, 0.05) is 12.1 Å². The fourth-order valence-corrected chi connectivity index (χ4v) is 4.60. The lowest BCUT2D eigenvalue weighted by Gasteiger charge is -2.18. The van der Waals surface area contributed by atoms with Gasteiger partial charge in [0.25, 0.3) is 6.01 Å².